The summed E-state index contributed by atoms with van der Waals surface area (Å²) >= 11 is 1.28. The highest BCUT2D eigenvalue weighted by Crippen LogP contribution is 2.20. The van der Waals surface area contributed by atoms with Crippen molar-refractivity contribution in [2.24, 2.45) is 5.92 Å². The quantitative estimate of drug-likeness (QED) is 0.840. The number of fused-ring (bicyclic) bond motifs is 1. The third-order valence-corrected chi connectivity index (χ3v) is 4.71. The van der Waals surface area contributed by atoms with E-state index in [1.165, 1.54) is 11.8 Å². The summed E-state index contributed by atoms with van der Waals surface area (Å²) in [4.78, 5) is 16.5. The molecule has 0 fully saturated rings. The molecule has 0 aliphatic heterocycles. The van der Waals surface area contributed by atoms with Crippen molar-refractivity contribution in [3.8, 4) is 6.07 Å². The van der Waals surface area contributed by atoms with Crippen molar-refractivity contribution < 1.29 is 4.79 Å². The number of nitriles is 1. The Labute approximate surface area is 139 Å². The molecule has 7 nitrogen and oxygen atoms in total. The van der Waals surface area contributed by atoms with E-state index in [2.05, 4.69) is 26.6 Å². The molecule has 2 aromatic rings. The molecule has 0 saturated heterocycles. The van der Waals surface area contributed by atoms with E-state index in [-0.39, 0.29) is 17.6 Å². The minimum Gasteiger partial charge on any atom is -0.337 e. The van der Waals surface area contributed by atoms with Crippen molar-refractivity contribution in [1.29, 1.82) is 5.26 Å². The topological polar surface area (TPSA) is 96.0 Å². The molecule has 2 aromatic heterocycles. The molecule has 1 amide bonds. The summed E-state index contributed by atoms with van der Waals surface area (Å²) in [6, 6.07) is 4.01. The highest BCUT2D eigenvalue weighted by atomic mass is 32.2. The predicted octanol–water partition coefficient (Wildman–Crippen LogP) is 1.89. The number of thioether (sulfide) groups is 1. The smallest absolute Gasteiger partial charge is 0.231 e. The van der Waals surface area contributed by atoms with Crippen LogP contribution in [0.15, 0.2) is 11.2 Å². The largest absolute Gasteiger partial charge is 0.337 e. The first-order valence-corrected chi connectivity index (χ1v) is 8.30. The molecule has 0 radical (unpaired) electrons. The van der Waals surface area contributed by atoms with Gasteiger partial charge in [0.15, 0.2) is 10.8 Å². The van der Waals surface area contributed by atoms with Gasteiger partial charge in [0.1, 0.15) is 11.4 Å². The zero-order chi connectivity index (χ0) is 17.2. The fourth-order valence-electron chi connectivity index (χ4n) is 2.05. The fourth-order valence-corrected chi connectivity index (χ4v) is 2.84. The van der Waals surface area contributed by atoms with Gasteiger partial charge < -0.3 is 5.32 Å². The average Bonchev–Trinajstić information content (AvgIpc) is 2.87. The van der Waals surface area contributed by atoms with E-state index < -0.39 is 5.54 Å². The monoisotopic (exact) mass is 332 g/mol. The zero-order valence-electron chi connectivity index (χ0n) is 13.9. The van der Waals surface area contributed by atoms with Crippen LogP contribution in [0.5, 0.6) is 0 Å². The molecule has 2 heterocycles. The molecule has 0 aliphatic rings. The lowest BCUT2D eigenvalue weighted by Crippen LogP contribution is -2.49. The number of carbonyl (C=O) groups is 1. The molecule has 0 spiro atoms. The van der Waals surface area contributed by atoms with Gasteiger partial charge in [0.25, 0.3) is 0 Å². The van der Waals surface area contributed by atoms with Crippen LogP contribution in [0.2, 0.25) is 0 Å². The Balaban J connectivity index is 2.10. The predicted molar refractivity (Wildman–Crippen MR) is 88.0 cm³/mol. The summed E-state index contributed by atoms with van der Waals surface area (Å²) < 4.78 is 1.82. The SMILES string of the molecule is Cc1cc2nnc(SCC(=O)NC(C)(C#N)C(C)C)n2c(C)n1. The number of nitrogens with zero attached hydrogens (tertiary/aromatic N) is 5. The van der Waals surface area contributed by atoms with E-state index in [4.69, 9.17) is 0 Å². The maximum absolute atomic E-state index is 12.1. The molecule has 0 saturated carbocycles. The molecular formula is C15H20N6OS. The maximum atomic E-state index is 12.1. The number of hydrogen-bond acceptors (Lipinski definition) is 6. The highest BCUT2D eigenvalue weighted by molar-refractivity contribution is 7.99. The van der Waals surface area contributed by atoms with Crippen molar-refractivity contribution in [1.82, 2.24) is 24.9 Å². The first kappa shape index (κ1) is 17.2. The summed E-state index contributed by atoms with van der Waals surface area (Å²) in [6.45, 7) is 9.30. The van der Waals surface area contributed by atoms with Crippen LogP contribution in [0.25, 0.3) is 5.65 Å². The molecular weight excluding hydrogens is 312 g/mol. The van der Waals surface area contributed by atoms with Crippen LogP contribution >= 0.6 is 11.8 Å². The third kappa shape index (κ3) is 3.62. The van der Waals surface area contributed by atoms with Gasteiger partial charge in [-0.3, -0.25) is 9.20 Å². The standard InChI is InChI=1S/C15H20N6OS/c1-9(2)15(5,8-16)18-13(22)7-23-14-20-19-12-6-10(3)17-11(4)21(12)14/h6,9H,7H2,1-5H3,(H,18,22). The second-order valence-electron chi connectivity index (χ2n) is 5.93. The number of hydrogen-bond donors (Lipinski definition) is 1. The highest BCUT2D eigenvalue weighted by Gasteiger charge is 2.30. The second-order valence-corrected chi connectivity index (χ2v) is 6.87. The molecule has 0 aliphatic carbocycles. The van der Waals surface area contributed by atoms with Gasteiger partial charge in [-0.25, -0.2) is 4.98 Å². The Bertz CT molecular complexity index is 778. The van der Waals surface area contributed by atoms with E-state index in [0.717, 1.165) is 11.5 Å². The molecule has 122 valence electrons. The third-order valence-electron chi connectivity index (χ3n) is 3.78. The van der Waals surface area contributed by atoms with Crippen molar-refractivity contribution in [2.75, 3.05) is 5.75 Å². The minimum atomic E-state index is -0.876. The lowest BCUT2D eigenvalue weighted by Gasteiger charge is -2.27. The van der Waals surface area contributed by atoms with Gasteiger partial charge in [-0.05, 0) is 26.7 Å². The van der Waals surface area contributed by atoms with Crippen molar-refractivity contribution in [3.63, 3.8) is 0 Å². The first-order valence-electron chi connectivity index (χ1n) is 7.31. The fraction of sp³-hybridized carbons (Fsp3) is 0.533. The van der Waals surface area contributed by atoms with Crippen molar-refractivity contribution >= 4 is 23.3 Å². The van der Waals surface area contributed by atoms with Crippen LogP contribution in [0.3, 0.4) is 0 Å². The number of aromatic nitrogens is 4. The van der Waals surface area contributed by atoms with Crippen molar-refractivity contribution in [2.45, 2.75) is 45.3 Å². The van der Waals surface area contributed by atoms with E-state index in [9.17, 15) is 10.1 Å². The number of aryl methyl sites for hydroxylation is 2. The van der Waals surface area contributed by atoms with E-state index >= 15 is 0 Å². The van der Waals surface area contributed by atoms with Gasteiger partial charge in [-0.2, -0.15) is 5.26 Å². The van der Waals surface area contributed by atoms with Crippen LogP contribution in [0, 0.1) is 31.1 Å². The molecule has 23 heavy (non-hydrogen) atoms. The summed E-state index contributed by atoms with van der Waals surface area (Å²) in [6.07, 6.45) is 0. The number of amides is 1. The Morgan fingerprint density at radius 1 is 1.48 bits per heavy atom. The van der Waals surface area contributed by atoms with E-state index in [0.29, 0.717) is 10.8 Å². The minimum absolute atomic E-state index is 0.0183. The van der Waals surface area contributed by atoms with Gasteiger partial charge in [-0.15, -0.1) is 10.2 Å². The van der Waals surface area contributed by atoms with Crippen LogP contribution in [0.1, 0.15) is 32.3 Å². The van der Waals surface area contributed by atoms with Crippen LogP contribution in [-0.2, 0) is 4.79 Å². The first-order chi connectivity index (χ1) is 10.8. The Morgan fingerprint density at radius 3 is 2.78 bits per heavy atom. The van der Waals surface area contributed by atoms with Gasteiger partial charge >= 0.3 is 0 Å². The number of nitrogens with one attached hydrogen (secondary N) is 1. The number of carbonyl (C=O) groups excluding carboxylic acids is 1. The molecule has 0 bridgehead atoms. The molecule has 8 heteroatoms. The molecule has 2 rings (SSSR count). The second kappa shape index (κ2) is 6.54. The van der Waals surface area contributed by atoms with Crippen LogP contribution in [0.4, 0.5) is 0 Å². The van der Waals surface area contributed by atoms with Crippen molar-refractivity contribution in [3.05, 3.63) is 17.6 Å². The lowest BCUT2D eigenvalue weighted by molar-refractivity contribution is -0.120. The summed E-state index contributed by atoms with van der Waals surface area (Å²) in [5, 5.41) is 20.9. The normalized spacial score (nSPS) is 13.8. The summed E-state index contributed by atoms with van der Waals surface area (Å²) in [5.74, 6) is 0.752. The Morgan fingerprint density at radius 2 is 2.17 bits per heavy atom. The van der Waals surface area contributed by atoms with Crippen LogP contribution in [-0.4, -0.2) is 36.8 Å². The van der Waals surface area contributed by atoms with Gasteiger partial charge in [-0.1, -0.05) is 25.6 Å². The zero-order valence-corrected chi connectivity index (χ0v) is 14.7. The number of rotatable bonds is 5. The van der Waals surface area contributed by atoms with Gasteiger partial charge in [0.2, 0.25) is 5.91 Å². The van der Waals surface area contributed by atoms with E-state index in [1.807, 2.05) is 38.2 Å². The van der Waals surface area contributed by atoms with E-state index in [1.54, 1.807) is 6.92 Å². The average molecular weight is 332 g/mol. The summed E-state index contributed by atoms with van der Waals surface area (Å²) in [7, 11) is 0. The Kier molecular flexibility index (Phi) is 4.90. The molecule has 1 atom stereocenters. The maximum Gasteiger partial charge on any atom is 0.231 e. The molecule has 0 aromatic carbocycles. The summed E-state index contributed by atoms with van der Waals surface area (Å²) in [5.41, 5.74) is 0.708. The van der Waals surface area contributed by atoms with Crippen LogP contribution < -0.4 is 5.32 Å². The molecule has 1 N–H and O–H groups in total. The lowest BCUT2D eigenvalue weighted by atomic mass is 9.90. The molecule has 1 unspecified atom stereocenters. The Hall–Kier alpha value is -2.14. The van der Waals surface area contributed by atoms with Gasteiger partial charge in [0, 0.05) is 11.8 Å². The van der Waals surface area contributed by atoms with Gasteiger partial charge in [0.05, 0.1) is 11.8 Å².